The molecule has 0 saturated heterocycles. The van der Waals surface area contributed by atoms with Gasteiger partial charge in [-0.15, -0.1) is 0 Å². The SMILES string of the molecule is CN(C(=O)c1noc(C(CCCC2(C(C)(C)C)CCCCC2)CC(=O)O)n1)S(C)(=O)=O. The summed E-state index contributed by atoms with van der Waals surface area (Å²) in [5.41, 5.74) is 0.392. The number of nitrogens with zero attached hydrogens (tertiary/aromatic N) is 3. The summed E-state index contributed by atoms with van der Waals surface area (Å²) in [6, 6.07) is 0. The lowest BCUT2D eigenvalue weighted by atomic mass is 9.57. The molecule has 1 saturated carbocycles. The molecule has 1 aliphatic rings. The molecular formula is C21H35N3O6S. The zero-order chi connectivity index (χ0) is 23.4. The zero-order valence-electron chi connectivity index (χ0n) is 19.2. The van der Waals surface area contributed by atoms with Crippen molar-refractivity contribution in [2.45, 2.75) is 84.5 Å². The van der Waals surface area contributed by atoms with Gasteiger partial charge in [0, 0.05) is 13.0 Å². The molecule has 9 nitrogen and oxygen atoms in total. The van der Waals surface area contributed by atoms with Crippen LogP contribution in [0.1, 0.15) is 101 Å². The first-order chi connectivity index (χ1) is 14.3. The van der Waals surface area contributed by atoms with Gasteiger partial charge in [0.2, 0.25) is 15.9 Å². The summed E-state index contributed by atoms with van der Waals surface area (Å²) >= 11 is 0. The van der Waals surface area contributed by atoms with E-state index in [4.69, 9.17) is 4.52 Å². The molecule has 176 valence electrons. The van der Waals surface area contributed by atoms with Crippen molar-refractivity contribution >= 4 is 21.9 Å². The molecule has 0 spiro atoms. The fourth-order valence-corrected chi connectivity index (χ4v) is 4.98. The lowest BCUT2D eigenvalue weighted by molar-refractivity contribution is -0.137. The Bertz CT molecular complexity index is 881. The van der Waals surface area contributed by atoms with E-state index in [0.717, 1.165) is 26.1 Å². The summed E-state index contributed by atoms with van der Waals surface area (Å²) in [5.74, 6) is -2.78. The minimum atomic E-state index is -3.76. The minimum absolute atomic E-state index is 0.0566. The Morgan fingerprint density at radius 3 is 2.35 bits per heavy atom. The maximum absolute atomic E-state index is 12.3. The van der Waals surface area contributed by atoms with Gasteiger partial charge in [-0.3, -0.25) is 9.59 Å². The first-order valence-corrected chi connectivity index (χ1v) is 12.7. The number of carboxylic acid groups (broad SMARTS) is 1. The van der Waals surface area contributed by atoms with Crippen LogP contribution in [-0.2, 0) is 14.8 Å². The van der Waals surface area contributed by atoms with Gasteiger partial charge in [-0.2, -0.15) is 4.98 Å². The van der Waals surface area contributed by atoms with E-state index >= 15 is 0 Å². The van der Waals surface area contributed by atoms with Crippen LogP contribution in [0.15, 0.2) is 4.52 Å². The lowest BCUT2D eigenvalue weighted by Gasteiger charge is -2.48. The maximum Gasteiger partial charge on any atom is 0.308 e. The second kappa shape index (κ2) is 9.67. The van der Waals surface area contributed by atoms with Gasteiger partial charge in [0.25, 0.3) is 5.82 Å². The Balaban J connectivity index is 2.13. The Kier molecular flexibility index (Phi) is 7.89. The normalized spacial score (nSPS) is 17.8. The highest BCUT2D eigenvalue weighted by Gasteiger charge is 2.42. The Hall–Kier alpha value is -1.97. The van der Waals surface area contributed by atoms with E-state index < -0.39 is 33.6 Å². The molecular weight excluding hydrogens is 422 g/mol. The molecule has 2 rings (SSSR count). The van der Waals surface area contributed by atoms with E-state index in [1.165, 1.54) is 32.1 Å². The fourth-order valence-electron chi connectivity index (χ4n) is 4.59. The van der Waals surface area contributed by atoms with Crippen LogP contribution in [0.3, 0.4) is 0 Å². The molecule has 1 aliphatic carbocycles. The maximum atomic E-state index is 12.3. The van der Waals surface area contributed by atoms with Gasteiger partial charge < -0.3 is 9.63 Å². The highest BCUT2D eigenvalue weighted by atomic mass is 32.2. The average molecular weight is 458 g/mol. The standard InChI is InChI=1S/C21H35N3O6S/c1-20(2,3)21(11-7-6-8-12-21)13-9-10-15(14-16(25)26)18-22-17(23-30-18)19(27)24(4)31(5,28)29/h15H,6-14H2,1-5H3,(H,25,26). The van der Waals surface area contributed by atoms with Crippen LogP contribution in [-0.4, -0.2) is 53.2 Å². The molecule has 1 aromatic rings. The number of carbonyl (C=O) groups is 2. The van der Waals surface area contributed by atoms with Gasteiger partial charge in [-0.25, -0.2) is 12.7 Å². The summed E-state index contributed by atoms with van der Waals surface area (Å²) < 4.78 is 28.9. The Labute approximate surface area is 184 Å². The number of carbonyl (C=O) groups excluding carboxylic acids is 1. The third kappa shape index (κ3) is 6.27. The molecule has 1 fully saturated rings. The zero-order valence-corrected chi connectivity index (χ0v) is 20.0. The highest BCUT2D eigenvalue weighted by molar-refractivity contribution is 7.88. The Morgan fingerprint density at radius 2 is 1.84 bits per heavy atom. The third-order valence-corrected chi connectivity index (χ3v) is 7.96. The molecule has 1 aromatic heterocycles. The van der Waals surface area contributed by atoms with Gasteiger partial charge in [0.15, 0.2) is 0 Å². The van der Waals surface area contributed by atoms with E-state index in [1.54, 1.807) is 0 Å². The van der Waals surface area contributed by atoms with Crippen LogP contribution in [0.5, 0.6) is 0 Å². The smallest absolute Gasteiger partial charge is 0.308 e. The second-order valence-corrected chi connectivity index (χ2v) is 11.8. The number of hydrogen-bond acceptors (Lipinski definition) is 7. The largest absolute Gasteiger partial charge is 0.481 e. The summed E-state index contributed by atoms with van der Waals surface area (Å²) in [5, 5.41) is 12.9. The molecule has 10 heteroatoms. The number of sulfonamides is 1. The quantitative estimate of drug-likeness (QED) is 0.592. The topological polar surface area (TPSA) is 131 Å². The summed E-state index contributed by atoms with van der Waals surface area (Å²) in [6.45, 7) is 6.84. The van der Waals surface area contributed by atoms with Crippen molar-refractivity contribution < 1.29 is 27.6 Å². The number of amides is 1. The number of aromatic nitrogens is 2. The van der Waals surface area contributed by atoms with Crippen LogP contribution in [0.2, 0.25) is 0 Å². The van der Waals surface area contributed by atoms with E-state index in [-0.39, 0.29) is 23.1 Å². The van der Waals surface area contributed by atoms with Gasteiger partial charge in [-0.1, -0.05) is 51.6 Å². The van der Waals surface area contributed by atoms with E-state index in [9.17, 15) is 23.1 Å². The number of rotatable bonds is 9. The van der Waals surface area contributed by atoms with Crippen LogP contribution in [0.4, 0.5) is 0 Å². The number of hydrogen-bond donors (Lipinski definition) is 1. The van der Waals surface area contributed by atoms with Gasteiger partial charge >= 0.3 is 11.9 Å². The van der Waals surface area contributed by atoms with Crippen molar-refractivity contribution in [1.82, 2.24) is 14.4 Å². The van der Waals surface area contributed by atoms with Crippen molar-refractivity contribution in [1.29, 1.82) is 0 Å². The van der Waals surface area contributed by atoms with Gasteiger partial charge in [0.05, 0.1) is 12.7 Å². The molecule has 31 heavy (non-hydrogen) atoms. The predicted molar refractivity (Wildman–Crippen MR) is 115 cm³/mol. The molecule has 0 radical (unpaired) electrons. The van der Waals surface area contributed by atoms with Crippen LogP contribution in [0, 0.1) is 10.8 Å². The van der Waals surface area contributed by atoms with Crippen molar-refractivity contribution in [3.8, 4) is 0 Å². The summed E-state index contributed by atoms with van der Waals surface area (Å²) in [4.78, 5) is 27.7. The van der Waals surface area contributed by atoms with Crippen molar-refractivity contribution in [3.05, 3.63) is 11.7 Å². The van der Waals surface area contributed by atoms with Crippen LogP contribution >= 0.6 is 0 Å². The van der Waals surface area contributed by atoms with Gasteiger partial charge in [-0.05, 0) is 36.5 Å². The number of carboxylic acids is 1. The van der Waals surface area contributed by atoms with E-state index in [1.807, 2.05) is 0 Å². The lowest BCUT2D eigenvalue weighted by Crippen LogP contribution is -2.37. The van der Waals surface area contributed by atoms with Crippen LogP contribution < -0.4 is 0 Å². The minimum Gasteiger partial charge on any atom is -0.481 e. The molecule has 0 aromatic carbocycles. The number of aliphatic carboxylic acids is 1. The molecule has 1 N–H and O–H groups in total. The second-order valence-electron chi connectivity index (χ2n) is 9.77. The van der Waals surface area contributed by atoms with Gasteiger partial charge in [0.1, 0.15) is 0 Å². The Morgan fingerprint density at radius 1 is 1.23 bits per heavy atom. The van der Waals surface area contributed by atoms with Crippen molar-refractivity contribution in [3.63, 3.8) is 0 Å². The van der Waals surface area contributed by atoms with Crippen LogP contribution in [0.25, 0.3) is 0 Å². The third-order valence-electron chi connectivity index (χ3n) is 6.80. The molecule has 1 amide bonds. The highest BCUT2D eigenvalue weighted by Crippen LogP contribution is 2.53. The van der Waals surface area contributed by atoms with E-state index in [2.05, 4.69) is 30.9 Å². The van der Waals surface area contributed by atoms with E-state index in [0.29, 0.717) is 10.7 Å². The summed E-state index contributed by atoms with van der Waals surface area (Å²) in [6.07, 6.45) is 9.11. The monoisotopic (exact) mass is 457 g/mol. The van der Waals surface area contributed by atoms with Crippen molar-refractivity contribution in [2.75, 3.05) is 13.3 Å². The molecule has 0 aliphatic heterocycles. The molecule has 1 unspecified atom stereocenters. The first kappa shape index (κ1) is 25.3. The fraction of sp³-hybridized carbons (Fsp3) is 0.810. The molecule has 1 atom stereocenters. The predicted octanol–water partition coefficient (Wildman–Crippen LogP) is 3.83. The first-order valence-electron chi connectivity index (χ1n) is 10.8. The van der Waals surface area contributed by atoms with Crippen molar-refractivity contribution in [2.24, 2.45) is 10.8 Å². The molecule has 0 bridgehead atoms. The molecule has 1 heterocycles. The average Bonchev–Trinajstić information content (AvgIpc) is 3.15. The summed E-state index contributed by atoms with van der Waals surface area (Å²) in [7, 11) is -2.65.